The summed E-state index contributed by atoms with van der Waals surface area (Å²) in [4.78, 5) is 25.1. The molecule has 0 atom stereocenters. The molecule has 6 nitrogen and oxygen atoms in total. The first-order valence-corrected chi connectivity index (χ1v) is 13.9. The van der Waals surface area contributed by atoms with Crippen LogP contribution in [0.3, 0.4) is 0 Å². The zero-order chi connectivity index (χ0) is 23.1. The minimum atomic E-state index is 0.145. The fourth-order valence-corrected chi connectivity index (χ4v) is 7.25. The topological polar surface area (TPSA) is 48.9 Å². The molecule has 2 saturated carbocycles. The first-order valence-electron chi connectivity index (χ1n) is 13.1. The number of hydrogen-bond acceptors (Lipinski definition) is 6. The van der Waals surface area contributed by atoms with Gasteiger partial charge in [0.25, 0.3) is 0 Å². The number of rotatable bonds is 5. The lowest BCUT2D eigenvalue weighted by atomic mass is 9.87. The van der Waals surface area contributed by atoms with Crippen molar-refractivity contribution in [1.82, 2.24) is 19.7 Å². The van der Waals surface area contributed by atoms with Gasteiger partial charge in [-0.3, -0.25) is 14.6 Å². The van der Waals surface area contributed by atoms with Crippen molar-refractivity contribution in [3.8, 4) is 16.3 Å². The van der Waals surface area contributed by atoms with Crippen LogP contribution in [0.4, 0.5) is 0 Å². The summed E-state index contributed by atoms with van der Waals surface area (Å²) in [5, 5.41) is 1.04. The second-order valence-corrected chi connectivity index (χ2v) is 11.6. The van der Waals surface area contributed by atoms with Crippen molar-refractivity contribution in [3.63, 3.8) is 0 Å². The lowest BCUT2D eigenvalue weighted by Gasteiger charge is -2.47. The van der Waals surface area contributed by atoms with Crippen LogP contribution < -0.4 is 4.74 Å². The SMILES string of the molecule is CC(=O)N1CCc2nc(-c3ccc(O[C@H]4C[C@H](N5CCN(C6CCCC6)CC5)C4)cc3)sc2C1. The fraction of sp³-hybridized carbons (Fsp3) is 0.630. The van der Waals surface area contributed by atoms with Crippen LogP contribution in [-0.4, -0.2) is 76.5 Å². The molecule has 34 heavy (non-hydrogen) atoms. The highest BCUT2D eigenvalue weighted by Crippen LogP contribution is 2.35. The van der Waals surface area contributed by atoms with Crippen LogP contribution in [0.1, 0.15) is 56.0 Å². The molecule has 2 aliphatic carbocycles. The van der Waals surface area contributed by atoms with Crippen LogP contribution >= 0.6 is 11.3 Å². The maximum atomic E-state index is 11.7. The molecule has 182 valence electrons. The van der Waals surface area contributed by atoms with E-state index in [0.29, 0.717) is 18.7 Å². The molecule has 1 aromatic carbocycles. The van der Waals surface area contributed by atoms with Gasteiger partial charge in [0.1, 0.15) is 16.9 Å². The molecule has 1 amide bonds. The van der Waals surface area contributed by atoms with E-state index in [2.05, 4.69) is 34.1 Å². The van der Waals surface area contributed by atoms with Crippen molar-refractivity contribution in [2.45, 2.75) is 76.6 Å². The number of carbonyl (C=O) groups is 1. The molecule has 3 fully saturated rings. The molecule has 0 spiro atoms. The molecule has 4 aliphatic rings. The Morgan fingerprint density at radius 3 is 2.32 bits per heavy atom. The van der Waals surface area contributed by atoms with E-state index in [1.54, 1.807) is 18.3 Å². The predicted octanol–water partition coefficient (Wildman–Crippen LogP) is 4.18. The van der Waals surface area contributed by atoms with Gasteiger partial charge in [-0.2, -0.15) is 0 Å². The normalized spacial score (nSPS) is 26.3. The molecule has 0 radical (unpaired) electrons. The van der Waals surface area contributed by atoms with Crippen LogP contribution in [0.2, 0.25) is 0 Å². The Kier molecular flexibility index (Phi) is 6.35. The van der Waals surface area contributed by atoms with Crippen molar-refractivity contribution in [3.05, 3.63) is 34.8 Å². The summed E-state index contributed by atoms with van der Waals surface area (Å²) < 4.78 is 6.29. The highest BCUT2D eigenvalue weighted by atomic mass is 32.1. The third kappa shape index (κ3) is 4.62. The number of ether oxygens (including phenoxy) is 1. The van der Waals surface area contributed by atoms with Gasteiger partial charge >= 0.3 is 0 Å². The second-order valence-electron chi connectivity index (χ2n) is 10.5. The smallest absolute Gasteiger partial charge is 0.219 e. The third-order valence-corrected chi connectivity index (χ3v) is 9.49. The van der Waals surface area contributed by atoms with Crippen molar-refractivity contribution in [2.75, 3.05) is 32.7 Å². The van der Waals surface area contributed by atoms with Crippen molar-refractivity contribution >= 4 is 17.2 Å². The molecular weight excluding hydrogens is 444 g/mol. The zero-order valence-electron chi connectivity index (χ0n) is 20.2. The summed E-state index contributed by atoms with van der Waals surface area (Å²) in [6, 6.07) is 10.00. The maximum absolute atomic E-state index is 11.7. The first-order chi connectivity index (χ1) is 16.6. The lowest BCUT2D eigenvalue weighted by Crippen LogP contribution is -2.57. The molecule has 2 aromatic rings. The van der Waals surface area contributed by atoms with Gasteiger partial charge in [-0.25, -0.2) is 4.98 Å². The molecule has 0 bridgehead atoms. The summed E-state index contributed by atoms with van der Waals surface area (Å²) in [5.41, 5.74) is 2.29. The van der Waals surface area contributed by atoms with Gasteiger partial charge in [-0.1, -0.05) is 12.8 Å². The number of hydrogen-bond donors (Lipinski definition) is 0. The Balaban J connectivity index is 0.983. The minimum absolute atomic E-state index is 0.145. The van der Waals surface area contributed by atoms with Crippen LogP contribution in [-0.2, 0) is 17.8 Å². The molecule has 7 heteroatoms. The number of benzene rings is 1. The molecule has 2 aliphatic heterocycles. The van der Waals surface area contributed by atoms with Crippen LogP contribution in [0.25, 0.3) is 10.6 Å². The number of nitrogens with zero attached hydrogens (tertiary/aromatic N) is 4. The van der Waals surface area contributed by atoms with Crippen molar-refractivity contribution in [1.29, 1.82) is 0 Å². The van der Waals surface area contributed by atoms with E-state index in [1.807, 2.05) is 4.90 Å². The van der Waals surface area contributed by atoms with Crippen molar-refractivity contribution in [2.24, 2.45) is 0 Å². The molecule has 0 unspecified atom stereocenters. The maximum Gasteiger partial charge on any atom is 0.219 e. The first kappa shape index (κ1) is 22.5. The number of amides is 1. The summed E-state index contributed by atoms with van der Waals surface area (Å²) in [7, 11) is 0. The third-order valence-electron chi connectivity index (χ3n) is 8.36. The van der Waals surface area contributed by atoms with Gasteiger partial charge < -0.3 is 9.64 Å². The van der Waals surface area contributed by atoms with E-state index >= 15 is 0 Å². The Bertz CT molecular complexity index is 1000. The van der Waals surface area contributed by atoms with E-state index < -0.39 is 0 Å². The van der Waals surface area contributed by atoms with E-state index in [4.69, 9.17) is 9.72 Å². The second kappa shape index (κ2) is 9.59. The number of fused-ring (bicyclic) bond motifs is 1. The Hall–Kier alpha value is -1.96. The fourth-order valence-electron chi connectivity index (χ4n) is 6.13. The minimum Gasteiger partial charge on any atom is -0.490 e. The van der Waals surface area contributed by atoms with E-state index in [1.165, 1.54) is 56.7 Å². The van der Waals surface area contributed by atoms with Gasteiger partial charge in [-0.15, -0.1) is 11.3 Å². The van der Waals surface area contributed by atoms with Gasteiger partial charge in [0, 0.05) is 81.4 Å². The lowest BCUT2D eigenvalue weighted by molar-refractivity contribution is -0.129. The van der Waals surface area contributed by atoms with Crippen LogP contribution in [0.15, 0.2) is 24.3 Å². The molecule has 1 aromatic heterocycles. The van der Waals surface area contributed by atoms with Gasteiger partial charge in [0.05, 0.1) is 12.2 Å². The monoisotopic (exact) mass is 480 g/mol. The van der Waals surface area contributed by atoms with Gasteiger partial charge in [0.15, 0.2) is 0 Å². The Morgan fingerprint density at radius 1 is 0.971 bits per heavy atom. The summed E-state index contributed by atoms with van der Waals surface area (Å²) >= 11 is 1.71. The number of aromatic nitrogens is 1. The Labute approximate surface area is 206 Å². The highest BCUT2D eigenvalue weighted by Gasteiger charge is 2.37. The zero-order valence-corrected chi connectivity index (χ0v) is 21.1. The largest absolute Gasteiger partial charge is 0.490 e. The highest BCUT2D eigenvalue weighted by molar-refractivity contribution is 7.15. The molecule has 1 saturated heterocycles. The number of piperazine rings is 1. The molecule has 6 rings (SSSR count). The summed E-state index contributed by atoms with van der Waals surface area (Å²) in [5.74, 6) is 1.11. The number of thiazole rings is 1. The summed E-state index contributed by atoms with van der Waals surface area (Å²) in [6.07, 6.45) is 9.19. The molecular formula is C27H36N4O2S. The van der Waals surface area contributed by atoms with E-state index in [0.717, 1.165) is 53.9 Å². The van der Waals surface area contributed by atoms with Crippen LogP contribution in [0, 0.1) is 0 Å². The average molecular weight is 481 g/mol. The van der Waals surface area contributed by atoms with Gasteiger partial charge in [0.2, 0.25) is 5.91 Å². The van der Waals surface area contributed by atoms with E-state index in [9.17, 15) is 4.79 Å². The quantitative estimate of drug-likeness (QED) is 0.643. The standard InChI is InChI=1S/C27H36N4O2S/c1-19(32)31-11-10-25-26(18-31)34-27(28-25)20-6-8-23(9-7-20)33-24-16-22(17-24)30-14-12-29(13-15-30)21-4-2-3-5-21/h6-9,21-22,24H,2-5,10-18H2,1H3/t22-,24-. The predicted molar refractivity (Wildman–Crippen MR) is 135 cm³/mol. The van der Waals surface area contributed by atoms with E-state index in [-0.39, 0.29) is 5.91 Å². The number of carbonyl (C=O) groups excluding carboxylic acids is 1. The van der Waals surface area contributed by atoms with Crippen LogP contribution in [0.5, 0.6) is 5.75 Å². The Morgan fingerprint density at radius 2 is 1.65 bits per heavy atom. The molecule has 0 N–H and O–H groups in total. The molecule has 3 heterocycles. The van der Waals surface area contributed by atoms with Gasteiger partial charge in [-0.05, 0) is 37.1 Å². The van der Waals surface area contributed by atoms with Crippen molar-refractivity contribution < 1.29 is 9.53 Å². The average Bonchev–Trinajstić information content (AvgIpc) is 3.51. The summed E-state index contributed by atoms with van der Waals surface area (Å²) in [6.45, 7) is 8.07.